The van der Waals surface area contributed by atoms with Gasteiger partial charge in [-0.2, -0.15) is 13.2 Å². The molecule has 0 radical (unpaired) electrons. The Hall–Kier alpha value is -2.01. The van der Waals surface area contributed by atoms with Gasteiger partial charge in [-0.05, 0) is 30.2 Å². The Morgan fingerprint density at radius 3 is 2.36 bits per heavy atom. The molecule has 0 atom stereocenters. The quantitative estimate of drug-likeness (QED) is 0.847. The van der Waals surface area contributed by atoms with E-state index in [9.17, 15) is 18.0 Å². The molecular formula is C16H13ClF3NO. The molecule has 1 N–H and O–H groups in total. The van der Waals surface area contributed by atoms with Gasteiger partial charge in [-0.1, -0.05) is 41.9 Å². The normalized spacial score (nSPS) is 11.3. The second kappa shape index (κ2) is 6.83. The Kier molecular flexibility index (Phi) is 5.08. The summed E-state index contributed by atoms with van der Waals surface area (Å²) in [6.07, 6.45) is -4.10. The largest absolute Gasteiger partial charge is 0.418 e. The number of anilines is 1. The summed E-state index contributed by atoms with van der Waals surface area (Å²) in [5, 5.41) is 2.84. The molecule has 0 saturated carbocycles. The lowest BCUT2D eigenvalue weighted by molar-refractivity contribution is -0.137. The van der Waals surface area contributed by atoms with E-state index in [4.69, 9.17) is 11.6 Å². The third-order valence-corrected chi connectivity index (χ3v) is 3.45. The number of carbonyl (C=O) groups excluding carboxylic acids is 1. The van der Waals surface area contributed by atoms with E-state index in [-0.39, 0.29) is 12.1 Å². The molecule has 0 fully saturated rings. The lowest BCUT2D eigenvalue weighted by atomic mass is 10.1. The highest BCUT2D eigenvalue weighted by Crippen LogP contribution is 2.34. The minimum Gasteiger partial charge on any atom is -0.325 e. The molecule has 0 heterocycles. The van der Waals surface area contributed by atoms with E-state index in [1.54, 1.807) is 24.3 Å². The molecule has 0 bridgehead atoms. The summed E-state index contributed by atoms with van der Waals surface area (Å²) in [6.45, 7) is 0. The molecule has 0 aliphatic heterocycles. The monoisotopic (exact) mass is 327 g/mol. The van der Waals surface area contributed by atoms with Crippen LogP contribution in [0.15, 0.2) is 48.5 Å². The van der Waals surface area contributed by atoms with E-state index in [1.807, 2.05) is 0 Å². The van der Waals surface area contributed by atoms with Crippen LogP contribution in [-0.4, -0.2) is 5.91 Å². The van der Waals surface area contributed by atoms with Crippen LogP contribution in [0.1, 0.15) is 17.5 Å². The first-order valence-corrected chi connectivity index (χ1v) is 6.95. The van der Waals surface area contributed by atoms with Gasteiger partial charge in [0, 0.05) is 11.4 Å². The maximum atomic E-state index is 12.8. The zero-order valence-corrected chi connectivity index (χ0v) is 12.2. The maximum absolute atomic E-state index is 12.8. The standard InChI is InChI=1S/C16H13ClF3NO/c17-13-7-3-1-5-11(13)9-10-15(22)21-14-8-4-2-6-12(14)16(18,19)20/h1-8H,9-10H2,(H,21,22). The van der Waals surface area contributed by atoms with Crippen LogP contribution in [0, 0.1) is 0 Å². The maximum Gasteiger partial charge on any atom is 0.418 e. The van der Waals surface area contributed by atoms with Crippen molar-refractivity contribution in [3.05, 3.63) is 64.7 Å². The number of halogens is 4. The predicted molar refractivity (Wildman–Crippen MR) is 79.8 cm³/mol. The summed E-state index contributed by atoms with van der Waals surface area (Å²) in [5.41, 5.74) is -0.316. The van der Waals surface area contributed by atoms with Crippen molar-refractivity contribution in [1.29, 1.82) is 0 Å². The third kappa shape index (κ3) is 4.24. The summed E-state index contributed by atoms with van der Waals surface area (Å²) in [5.74, 6) is -0.489. The number of carbonyl (C=O) groups is 1. The van der Waals surface area contributed by atoms with Crippen LogP contribution in [0.25, 0.3) is 0 Å². The average Bonchev–Trinajstić information content (AvgIpc) is 2.46. The molecule has 116 valence electrons. The number of para-hydroxylation sites is 1. The molecule has 0 aliphatic rings. The van der Waals surface area contributed by atoms with Crippen molar-refractivity contribution in [2.45, 2.75) is 19.0 Å². The lowest BCUT2D eigenvalue weighted by Crippen LogP contribution is -2.16. The van der Waals surface area contributed by atoms with Crippen molar-refractivity contribution in [2.24, 2.45) is 0 Å². The molecule has 6 heteroatoms. The van der Waals surface area contributed by atoms with Gasteiger partial charge in [-0.15, -0.1) is 0 Å². The Labute approximate surface area is 130 Å². The summed E-state index contributed by atoms with van der Waals surface area (Å²) in [4.78, 5) is 11.9. The third-order valence-electron chi connectivity index (χ3n) is 3.09. The first kappa shape index (κ1) is 16.4. The molecule has 0 unspecified atom stereocenters. The van der Waals surface area contributed by atoms with E-state index in [2.05, 4.69) is 5.32 Å². The fourth-order valence-electron chi connectivity index (χ4n) is 2.00. The van der Waals surface area contributed by atoms with Gasteiger partial charge < -0.3 is 5.32 Å². The average molecular weight is 328 g/mol. The Balaban J connectivity index is 2.03. The van der Waals surface area contributed by atoms with Crippen molar-refractivity contribution >= 4 is 23.2 Å². The van der Waals surface area contributed by atoms with Crippen LogP contribution < -0.4 is 5.32 Å². The first-order valence-electron chi connectivity index (χ1n) is 6.57. The number of aryl methyl sites for hydroxylation is 1. The smallest absolute Gasteiger partial charge is 0.325 e. The number of nitrogens with one attached hydrogen (secondary N) is 1. The highest BCUT2D eigenvalue weighted by molar-refractivity contribution is 6.31. The van der Waals surface area contributed by atoms with Crippen molar-refractivity contribution < 1.29 is 18.0 Å². The lowest BCUT2D eigenvalue weighted by Gasteiger charge is -2.13. The fraction of sp³-hybridized carbons (Fsp3) is 0.188. The zero-order chi connectivity index (χ0) is 16.2. The first-order chi connectivity index (χ1) is 10.4. The van der Waals surface area contributed by atoms with E-state index >= 15 is 0 Å². The predicted octanol–water partition coefficient (Wildman–Crippen LogP) is 4.93. The number of benzene rings is 2. The topological polar surface area (TPSA) is 29.1 Å². The molecule has 2 aromatic carbocycles. The van der Waals surface area contributed by atoms with Crippen molar-refractivity contribution in [3.63, 3.8) is 0 Å². The van der Waals surface area contributed by atoms with Gasteiger partial charge in [0.2, 0.25) is 5.91 Å². The van der Waals surface area contributed by atoms with Crippen LogP contribution in [0.4, 0.5) is 18.9 Å². The molecule has 0 spiro atoms. The van der Waals surface area contributed by atoms with Gasteiger partial charge in [0.15, 0.2) is 0 Å². The zero-order valence-electron chi connectivity index (χ0n) is 11.5. The van der Waals surface area contributed by atoms with Gasteiger partial charge >= 0.3 is 6.18 Å². The Bertz CT molecular complexity index is 670. The van der Waals surface area contributed by atoms with Gasteiger partial charge in [0.25, 0.3) is 0 Å². The second-order valence-corrected chi connectivity index (χ2v) is 5.09. The highest BCUT2D eigenvalue weighted by Gasteiger charge is 2.33. The van der Waals surface area contributed by atoms with Crippen LogP contribution >= 0.6 is 11.6 Å². The van der Waals surface area contributed by atoms with Gasteiger partial charge in [0.05, 0.1) is 11.3 Å². The second-order valence-electron chi connectivity index (χ2n) is 4.68. The summed E-state index contributed by atoms with van der Waals surface area (Å²) in [6, 6.07) is 11.9. The molecule has 2 rings (SSSR count). The highest BCUT2D eigenvalue weighted by atomic mass is 35.5. The SMILES string of the molecule is O=C(CCc1ccccc1Cl)Nc1ccccc1C(F)(F)F. The van der Waals surface area contributed by atoms with Crippen LogP contribution in [-0.2, 0) is 17.4 Å². The Morgan fingerprint density at radius 1 is 1.05 bits per heavy atom. The molecule has 2 aromatic rings. The van der Waals surface area contributed by atoms with Gasteiger partial charge in [0.1, 0.15) is 0 Å². The van der Waals surface area contributed by atoms with E-state index < -0.39 is 17.6 Å². The molecule has 1 amide bonds. The molecule has 0 aromatic heterocycles. The van der Waals surface area contributed by atoms with Crippen LogP contribution in [0.5, 0.6) is 0 Å². The number of rotatable bonds is 4. The van der Waals surface area contributed by atoms with E-state index in [1.165, 1.54) is 18.2 Å². The summed E-state index contributed by atoms with van der Waals surface area (Å²) < 4.78 is 38.5. The molecule has 22 heavy (non-hydrogen) atoms. The number of hydrogen-bond acceptors (Lipinski definition) is 1. The van der Waals surface area contributed by atoms with Crippen LogP contribution in [0.3, 0.4) is 0 Å². The van der Waals surface area contributed by atoms with Crippen LogP contribution in [0.2, 0.25) is 5.02 Å². The number of hydrogen-bond donors (Lipinski definition) is 1. The minimum absolute atomic E-state index is 0.0515. The number of alkyl halides is 3. The van der Waals surface area contributed by atoms with Crippen molar-refractivity contribution in [1.82, 2.24) is 0 Å². The summed E-state index contributed by atoms with van der Waals surface area (Å²) >= 11 is 5.97. The van der Waals surface area contributed by atoms with Crippen molar-refractivity contribution in [3.8, 4) is 0 Å². The minimum atomic E-state index is -4.51. The fourth-order valence-corrected chi connectivity index (χ4v) is 2.23. The number of amides is 1. The summed E-state index contributed by atoms with van der Waals surface area (Å²) in [7, 11) is 0. The van der Waals surface area contributed by atoms with Crippen molar-refractivity contribution in [2.75, 3.05) is 5.32 Å². The molecule has 0 saturated heterocycles. The van der Waals surface area contributed by atoms with E-state index in [0.717, 1.165) is 11.6 Å². The molecule has 0 aliphatic carbocycles. The molecule has 2 nitrogen and oxygen atoms in total. The molecular weight excluding hydrogens is 315 g/mol. The Morgan fingerprint density at radius 2 is 1.68 bits per heavy atom. The van der Waals surface area contributed by atoms with Gasteiger partial charge in [-0.25, -0.2) is 0 Å². The van der Waals surface area contributed by atoms with E-state index in [0.29, 0.717) is 11.4 Å². The van der Waals surface area contributed by atoms with Gasteiger partial charge in [-0.3, -0.25) is 4.79 Å².